The third-order valence-corrected chi connectivity index (χ3v) is 1.48. The van der Waals surface area contributed by atoms with Crippen LogP contribution in [0.4, 0.5) is 0 Å². The average molecular weight is 194 g/mol. The fourth-order valence-corrected chi connectivity index (χ4v) is 0.804. The number of rotatable bonds is 1. The molecule has 1 heterocycles. The monoisotopic (exact) mass is 193 g/mol. The maximum Gasteiger partial charge on any atom is 0.359 e. The Morgan fingerprint density at radius 1 is 1.64 bits per heavy atom. The predicted molar refractivity (Wildman–Crippen MR) is 42.6 cm³/mol. The summed E-state index contributed by atoms with van der Waals surface area (Å²) in [6.45, 7) is 1.80. The normalized spacial score (nSPS) is 16.5. The molecule has 0 saturated heterocycles. The van der Waals surface area contributed by atoms with E-state index < -0.39 is 5.97 Å². The van der Waals surface area contributed by atoms with Gasteiger partial charge in [0.25, 0.3) is 5.88 Å². The van der Waals surface area contributed by atoms with E-state index in [0.717, 1.165) is 0 Å². The molecule has 0 aromatic rings. The SMILES string of the molecule is CCC1=NC(=C(Cl)Cl)OC1=O. The second-order valence-electron chi connectivity index (χ2n) is 1.87. The number of cyclic esters (lactones) is 1. The summed E-state index contributed by atoms with van der Waals surface area (Å²) < 4.78 is 4.48. The van der Waals surface area contributed by atoms with Crippen molar-refractivity contribution in [2.75, 3.05) is 0 Å². The Morgan fingerprint density at radius 3 is 2.55 bits per heavy atom. The summed E-state index contributed by atoms with van der Waals surface area (Å²) in [6.07, 6.45) is 0.517. The molecule has 0 saturated carbocycles. The number of hydrogen-bond donors (Lipinski definition) is 0. The van der Waals surface area contributed by atoms with Crippen LogP contribution in [0.1, 0.15) is 13.3 Å². The molecule has 1 aliphatic rings. The molecule has 1 aliphatic heterocycles. The van der Waals surface area contributed by atoms with E-state index in [0.29, 0.717) is 12.1 Å². The number of esters is 1. The van der Waals surface area contributed by atoms with Gasteiger partial charge in [-0.05, 0) is 6.42 Å². The van der Waals surface area contributed by atoms with Crippen molar-refractivity contribution >= 4 is 34.9 Å². The van der Waals surface area contributed by atoms with E-state index in [4.69, 9.17) is 23.2 Å². The Morgan fingerprint density at radius 2 is 2.27 bits per heavy atom. The summed E-state index contributed by atoms with van der Waals surface area (Å²) in [5, 5.41) is 0. The molecule has 0 aromatic heterocycles. The Hall–Kier alpha value is -0.540. The van der Waals surface area contributed by atoms with Crippen LogP contribution >= 0.6 is 23.2 Å². The minimum absolute atomic E-state index is 0.00446. The maximum absolute atomic E-state index is 10.8. The minimum Gasteiger partial charge on any atom is -0.400 e. The predicted octanol–water partition coefficient (Wildman–Crippen LogP) is 2.00. The average Bonchev–Trinajstić information content (AvgIpc) is 2.31. The highest BCUT2D eigenvalue weighted by Crippen LogP contribution is 2.21. The third-order valence-electron chi connectivity index (χ3n) is 1.16. The largest absolute Gasteiger partial charge is 0.400 e. The van der Waals surface area contributed by atoms with Gasteiger partial charge in [-0.25, -0.2) is 9.79 Å². The fourth-order valence-electron chi connectivity index (χ4n) is 0.642. The first-order valence-electron chi connectivity index (χ1n) is 3.00. The molecule has 0 fully saturated rings. The van der Waals surface area contributed by atoms with Crippen LogP contribution in [-0.2, 0) is 9.53 Å². The van der Waals surface area contributed by atoms with Crippen molar-refractivity contribution in [3.05, 3.63) is 10.4 Å². The number of nitrogens with zero attached hydrogens (tertiary/aromatic N) is 1. The van der Waals surface area contributed by atoms with Crippen molar-refractivity contribution in [1.29, 1.82) is 0 Å². The maximum atomic E-state index is 10.8. The van der Waals surface area contributed by atoms with Gasteiger partial charge in [-0.15, -0.1) is 0 Å². The molecular weight excluding hydrogens is 189 g/mol. The number of carbonyl (C=O) groups is 1. The van der Waals surface area contributed by atoms with Crippen LogP contribution in [-0.4, -0.2) is 11.7 Å². The molecule has 0 aliphatic carbocycles. The van der Waals surface area contributed by atoms with Crippen LogP contribution in [0.15, 0.2) is 15.4 Å². The second kappa shape index (κ2) is 3.24. The highest BCUT2D eigenvalue weighted by atomic mass is 35.5. The van der Waals surface area contributed by atoms with E-state index in [1.54, 1.807) is 6.92 Å². The van der Waals surface area contributed by atoms with Crippen molar-refractivity contribution in [3.63, 3.8) is 0 Å². The van der Waals surface area contributed by atoms with Gasteiger partial charge in [0.1, 0.15) is 5.71 Å². The zero-order valence-electron chi connectivity index (χ0n) is 5.73. The summed E-state index contributed by atoms with van der Waals surface area (Å²) in [6, 6.07) is 0. The number of carbonyl (C=O) groups excluding carboxylic acids is 1. The molecule has 5 heteroatoms. The third kappa shape index (κ3) is 1.73. The molecule has 0 unspecified atom stereocenters. The molecule has 0 bridgehead atoms. The first-order chi connectivity index (χ1) is 5.15. The minimum atomic E-state index is -0.471. The van der Waals surface area contributed by atoms with Crippen LogP contribution in [0.5, 0.6) is 0 Å². The Bertz CT molecular complexity index is 253. The van der Waals surface area contributed by atoms with Gasteiger partial charge < -0.3 is 4.74 Å². The zero-order chi connectivity index (χ0) is 8.43. The van der Waals surface area contributed by atoms with Crippen LogP contribution in [0.2, 0.25) is 0 Å². The first-order valence-corrected chi connectivity index (χ1v) is 3.75. The van der Waals surface area contributed by atoms with Gasteiger partial charge in [0.05, 0.1) is 0 Å². The van der Waals surface area contributed by atoms with Crippen molar-refractivity contribution in [3.8, 4) is 0 Å². The lowest BCUT2D eigenvalue weighted by Gasteiger charge is -1.90. The lowest BCUT2D eigenvalue weighted by molar-refractivity contribution is -0.130. The van der Waals surface area contributed by atoms with E-state index in [2.05, 4.69) is 9.73 Å². The summed E-state index contributed by atoms with van der Waals surface area (Å²) in [5.74, 6) is -0.475. The molecule has 60 valence electrons. The van der Waals surface area contributed by atoms with E-state index in [9.17, 15) is 4.79 Å². The van der Waals surface area contributed by atoms with Gasteiger partial charge in [-0.2, -0.15) is 0 Å². The number of hydrogen-bond acceptors (Lipinski definition) is 3. The van der Waals surface area contributed by atoms with Crippen LogP contribution in [0, 0.1) is 0 Å². The molecule has 0 radical (unpaired) electrons. The Balaban J connectivity index is 2.92. The van der Waals surface area contributed by atoms with Crippen LogP contribution in [0.25, 0.3) is 0 Å². The molecular formula is C6H5Cl2NO2. The summed E-state index contributed by atoms with van der Waals surface area (Å²) in [4.78, 5) is 14.6. The lowest BCUT2D eigenvalue weighted by Crippen LogP contribution is -2.07. The fraction of sp³-hybridized carbons (Fsp3) is 0.333. The van der Waals surface area contributed by atoms with Gasteiger partial charge in [-0.1, -0.05) is 30.1 Å². The van der Waals surface area contributed by atoms with Gasteiger partial charge in [0.15, 0.2) is 4.49 Å². The topological polar surface area (TPSA) is 38.7 Å². The van der Waals surface area contributed by atoms with E-state index >= 15 is 0 Å². The van der Waals surface area contributed by atoms with Gasteiger partial charge in [0, 0.05) is 0 Å². The standard InChI is InChI=1S/C6H5Cl2NO2/c1-2-3-6(10)11-5(9-3)4(7)8/h2H2,1H3. The van der Waals surface area contributed by atoms with Crippen molar-refractivity contribution in [2.45, 2.75) is 13.3 Å². The van der Waals surface area contributed by atoms with Crippen molar-refractivity contribution < 1.29 is 9.53 Å². The second-order valence-corrected chi connectivity index (χ2v) is 2.82. The highest BCUT2D eigenvalue weighted by molar-refractivity contribution is 6.56. The summed E-state index contributed by atoms with van der Waals surface area (Å²) in [5.41, 5.74) is 0.346. The highest BCUT2D eigenvalue weighted by Gasteiger charge is 2.23. The quantitative estimate of drug-likeness (QED) is 0.598. The number of aliphatic imine (C=N–C) groups is 1. The molecule has 11 heavy (non-hydrogen) atoms. The number of ether oxygens (including phenoxy) is 1. The van der Waals surface area contributed by atoms with Gasteiger partial charge in [0.2, 0.25) is 0 Å². The van der Waals surface area contributed by atoms with E-state index in [1.165, 1.54) is 0 Å². The van der Waals surface area contributed by atoms with Crippen LogP contribution < -0.4 is 0 Å². The van der Waals surface area contributed by atoms with E-state index in [1.807, 2.05) is 0 Å². The Labute approximate surface area is 73.6 Å². The lowest BCUT2D eigenvalue weighted by atomic mass is 10.3. The molecule has 1 rings (SSSR count). The molecule has 0 aromatic carbocycles. The molecule has 0 N–H and O–H groups in total. The molecule has 0 atom stereocenters. The molecule has 0 amide bonds. The molecule has 3 nitrogen and oxygen atoms in total. The molecule has 0 spiro atoms. The van der Waals surface area contributed by atoms with Crippen molar-refractivity contribution in [1.82, 2.24) is 0 Å². The van der Waals surface area contributed by atoms with Gasteiger partial charge in [-0.3, -0.25) is 0 Å². The van der Waals surface area contributed by atoms with Crippen LogP contribution in [0.3, 0.4) is 0 Å². The number of halogens is 2. The smallest absolute Gasteiger partial charge is 0.359 e. The summed E-state index contributed by atoms with van der Waals surface area (Å²) in [7, 11) is 0. The van der Waals surface area contributed by atoms with E-state index in [-0.39, 0.29) is 10.4 Å². The van der Waals surface area contributed by atoms with Crippen molar-refractivity contribution in [2.24, 2.45) is 4.99 Å². The Kier molecular flexibility index (Phi) is 2.52. The first kappa shape index (κ1) is 8.56. The summed E-state index contributed by atoms with van der Waals surface area (Å²) >= 11 is 10.7. The zero-order valence-corrected chi connectivity index (χ0v) is 7.24. The van der Waals surface area contributed by atoms with Gasteiger partial charge >= 0.3 is 5.97 Å².